The van der Waals surface area contributed by atoms with Crippen molar-refractivity contribution < 1.29 is 33.3 Å². The molecular formula is C23H31N3O7. The summed E-state index contributed by atoms with van der Waals surface area (Å²) in [6, 6.07) is 4.20. The van der Waals surface area contributed by atoms with E-state index in [4.69, 9.17) is 23.7 Å². The van der Waals surface area contributed by atoms with E-state index in [0.717, 1.165) is 25.9 Å². The fourth-order valence-corrected chi connectivity index (χ4v) is 4.63. The number of rotatable bonds is 7. The van der Waals surface area contributed by atoms with E-state index >= 15 is 0 Å². The van der Waals surface area contributed by atoms with Crippen LogP contribution in [0.1, 0.15) is 31.4 Å². The number of amides is 2. The Morgan fingerprint density at radius 2 is 1.91 bits per heavy atom. The van der Waals surface area contributed by atoms with Crippen LogP contribution in [0.4, 0.5) is 4.79 Å². The predicted octanol–water partition coefficient (Wildman–Crippen LogP) is 1.71. The van der Waals surface area contributed by atoms with E-state index in [-0.39, 0.29) is 6.61 Å². The highest BCUT2D eigenvalue weighted by Gasteiger charge is 2.41. The summed E-state index contributed by atoms with van der Waals surface area (Å²) in [6.45, 7) is 5.02. The van der Waals surface area contributed by atoms with E-state index in [1.807, 2.05) is 0 Å². The predicted molar refractivity (Wildman–Crippen MR) is 118 cm³/mol. The Morgan fingerprint density at radius 1 is 1.18 bits per heavy atom. The number of nitrogens with one attached hydrogen (secondary N) is 2. The Morgan fingerprint density at radius 3 is 2.55 bits per heavy atom. The Labute approximate surface area is 193 Å². The van der Waals surface area contributed by atoms with Crippen molar-refractivity contribution >= 4 is 12.0 Å². The molecule has 1 spiro atoms. The highest BCUT2D eigenvalue weighted by atomic mass is 16.7. The molecule has 3 aliphatic heterocycles. The van der Waals surface area contributed by atoms with Crippen LogP contribution in [0.15, 0.2) is 29.5 Å². The summed E-state index contributed by atoms with van der Waals surface area (Å²) in [5, 5.41) is 5.68. The molecule has 0 bridgehead atoms. The molecule has 1 aromatic rings. The number of piperidine rings is 1. The van der Waals surface area contributed by atoms with Crippen molar-refractivity contribution in [2.45, 2.75) is 31.6 Å². The first kappa shape index (κ1) is 23.3. The van der Waals surface area contributed by atoms with Gasteiger partial charge in [-0.2, -0.15) is 0 Å². The largest absolute Gasteiger partial charge is 0.493 e. The van der Waals surface area contributed by atoms with Crippen LogP contribution in [0.25, 0.3) is 0 Å². The average Bonchev–Trinajstić information content (AvgIpc) is 3.27. The summed E-state index contributed by atoms with van der Waals surface area (Å²) in [5.74, 6) is -0.0389. The van der Waals surface area contributed by atoms with Gasteiger partial charge in [0.2, 0.25) is 0 Å². The van der Waals surface area contributed by atoms with Crippen LogP contribution in [0.3, 0.4) is 0 Å². The summed E-state index contributed by atoms with van der Waals surface area (Å²) in [7, 11) is 3.06. The van der Waals surface area contributed by atoms with Crippen LogP contribution in [0, 0.1) is 0 Å². The van der Waals surface area contributed by atoms with Gasteiger partial charge in [-0.3, -0.25) is 4.90 Å². The Kier molecular flexibility index (Phi) is 7.06. The van der Waals surface area contributed by atoms with E-state index in [2.05, 4.69) is 15.5 Å². The number of methoxy groups -OCH3 is 2. The third kappa shape index (κ3) is 4.78. The highest BCUT2D eigenvalue weighted by molar-refractivity contribution is 5.95. The molecule has 1 aromatic carbocycles. The SMILES string of the molecule is CCOC(=O)C1=C(CN2CCC3(CC2)OCCO3)NC(=O)N[C@@H]1c1cccc(OC)c1OC. The molecule has 3 heterocycles. The smallest absolute Gasteiger partial charge is 0.338 e. The van der Waals surface area contributed by atoms with Crippen molar-refractivity contribution in [1.82, 2.24) is 15.5 Å². The third-order valence-electron chi connectivity index (χ3n) is 6.21. The molecule has 10 heteroatoms. The number of carbonyl (C=O) groups excluding carboxylic acids is 2. The van der Waals surface area contributed by atoms with Gasteiger partial charge in [-0.25, -0.2) is 9.59 Å². The van der Waals surface area contributed by atoms with Crippen molar-refractivity contribution in [2.24, 2.45) is 0 Å². The molecule has 0 saturated carbocycles. The van der Waals surface area contributed by atoms with Crippen molar-refractivity contribution in [2.75, 3.05) is 53.7 Å². The van der Waals surface area contributed by atoms with Gasteiger partial charge in [-0.1, -0.05) is 12.1 Å². The molecule has 1 atom stereocenters. The molecule has 2 saturated heterocycles. The molecule has 2 N–H and O–H groups in total. The molecule has 0 radical (unpaired) electrons. The molecule has 2 fully saturated rings. The van der Waals surface area contributed by atoms with Gasteiger partial charge in [0.05, 0.1) is 45.7 Å². The van der Waals surface area contributed by atoms with Crippen LogP contribution in [-0.4, -0.2) is 76.4 Å². The first-order valence-electron chi connectivity index (χ1n) is 11.2. The van der Waals surface area contributed by atoms with Gasteiger partial charge in [0, 0.05) is 43.7 Å². The lowest BCUT2D eigenvalue weighted by Gasteiger charge is -2.39. The number of nitrogens with zero attached hydrogens (tertiary/aromatic N) is 1. The fraction of sp³-hybridized carbons (Fsp3) is 0.565. The number of para-hydroxylation sites is 1. The Balaban J connectivity index is 1.66. The fourth-order valence-electron chi connectivity index (χ4n) is 4.63. The Bertz CT molecular complexity index is 917. The standard InChI is InChI=1S/C23H31N3O7/c1-4-31-21(27)18-16(14-26-10-8-23(9-11-26)32-12-13-33-23)24-22(28)25-19(18)15-6-5-7-17(29-2)20(15)30-3/h5-7,19H,4,8-14H2,1-3H3,(H2,24,25,28)/t19-/m1/s1. The molecular weight excluding hydrogens is 430 g/mol. The lowest BCUT2D eigenvalue weighted by Crippen LogP contribution is -2.51. The van der Waals surface area contributed by atoms with Gasteiger partial charge in [0.15, 0.2) is 17.3 Å². The number of urea groups is 1. The van der Waals surface area contributed by atoms with E-state index in [1.54, 1.807) is 25.1 Å². The van der Waals surface area contributed by atoms with Gasteiger partial charge in [0.25, 0.3) is 0 Å². The van der Waals surface area contributed by atoms with Crippen molar-refractivity contribution in [1.29, 1.82) is 0 Å². The molecule has 0 aliphatic carbocycles. The summed E-state index contributed by atoms with van der Waals surface area (Å²) < 4.78 is 28.0. The maximum atomic E-state index is 13.1. The molecule has 10 nitrogen and oxygen atoms in total. The second kappa shape index (κ2) is 9.98. The van der Waals surface area contributed by atoms with Crippen molar-refractivity contribution in [3.8, 4) is 11.5 Å². The van der Waals surface area contributed by atoms with Crippen LogP contribution in [-0.2, 0) is 19.0 Å². The van der Waals surface area contributed by atoms with Gasteiger partial charge < -0.3 is 34.3 Å². The molecule has 33 heavy (non-hydrogen) atoms. The molecule has 0 aromatic heterocycles. The molecule has 0 unspecified atom stereocenters. The first-order chi connectivity index (χ1) is 16.0. The summed E-state index contributed by atoms with van der Waals surface area (Å²) in [5.41, 5.74) is 1.46. The van der Waals surface area contributed by atoms with Gasteiger partial charge in [0.1, 0.15) is 0 Å². The van der Waals surface area contributed by atoms with Gasteiger partial charge in [-0.05, 0) is 13.0 Å². The second-order valence-corrected chi connectivity index (χ2v) is 8.11. The average molecular weight is 462 g/mol. The molecule has 3 aliphatic rings. The first-order valence-corrected chi connectivity index (χ1v) is 11.2. The summed E-state index contributed by atoms with van der Waals surface area (Å²) in [4.78, 5) is 27.9. The van der Waals surface area contributed by atoms with Gasteiger partial charge in [-0.15, -0.1) is 0 Å². The third-order valence-corrected chi connectivity index (χ3v) is 6.21. The number of hydrogen-bond acceptors (Lipinski definition) is 8. The second-order valence-electron chi connectivity index (χ2n) is 8.11. The van der Waals surface area contributed by atoms with Crippen molar-refractivity contribution in [3.63, 3.8) is 0 Å². The van der Waals surface area contributed by atoms with E-state index in [9.17, 15) is 9.59 Å². The minimum Gasteiger partial charge on any atom is -0.493 e. The summed E-state index contributed by atoms with van der Waals surface area (Å²) >= 11 is 0. The molecule has 2 amide bonds. The monoisotopic (exact) mass is 461 g/mol. The van der Waals surface area contributed by atoms with Crippen LogP contribution >= 0.6 is 0 Å². The lowest BCUT2D eigenvalue weighted by molar-refractivity contribution is -0.184. The maximum Gasteiger partial charge on any atom is 0.338 e. The zero-order chi connectivity index (χ0) is 23.4. The topological polar surface area (TPSA) is 108 Å². The van der Waals surface area contributed by atoms with E-state index in [0.29, 0.717) is 48.1 Å². The zero-order valence-corrected chi connectivity index (χ0v) is 19.3. The Hall–Kier alpha value is -2.82. The van der Waals surface area contributed by atoms with E-state index in [1.165, 1.54) is 14.2 Å². The molecule has 180 valence electrons. The van der Waals surface area contributed by atoms with Crippen molar-refractivity contribution in [3.05, 3.63) is 35.0 Å². The number of carbonyl (C=O) groups is 2. The quantitative estimate of drug-likeness (QED) is 0.591. The maximum absolute atomic E-state index is 13.1. The number of esters is 1. The van der Waals surface area contributed by atoms with Crippen LogP contribution < -0.4 is 20.1 Å². The lowest BCUT2D eigenvalue weighted by atomic mass is 9.93. The normalized spacial score (nSPS) is 22.6. The number of ether oxygens (including phenoxy) is 5. The van der Waals surface area contributed by atoms with Crippen LogP contribution in [0.5, 0.6) is 11.5 Å². The van der Waals surface area contributed by atoms with Gasteiger partial charge >= 0.3 is 12.0 Å². The van der Waals surface area contributed by atoms with Crippen LogP contribution in [0.2, 0.25) is 0 Å². The minimum absolute atomic E-state index is 0.215. The zero-order valence-electron chi connectivity index (χ0n) is 19.3. The highest BCUT2D eigenvalue weighted by Crippen LogP contribution is 2.39. The number of benzene rings is 1. The van der Waals surface area contributed by atoms with E-state index < -0.39 is 23.8 Å². The molecule has 4 rings (SSSR count). The number of likely N-dealkylation sites (tertiary alicyclic amines) is 1. The summed E-state index contributed by atoms with van der Waals surface area (Å²) in [6.07, 6.45) is 1.46. The number of hydrogen-bond donors (Lipinski definition) is 2. The minimum atomic E-state index is -0.754.